The summed E-state index contributed by atoms with van der Waals surface area (Å²) in [4.78, 5) is 24.4. The van der Waals surface area contributed by atoms with Gasteiger partial charge in [-0.15, -0.1) is 0 Å². The van der Waals surface area contributed by atoms with Crippen LogP contribution in [-0.4, -0.2) is 52.2 Å². The molecule has 0 N–H and O–H groups in total. The van der Waals surface area contributed by atoms with Crippen molar-refractivity contribution in [3.8, 4) is 0 Å². The van der Waals surface area contributed by atoms with Gasteiger partial charge in [0, 0.05) is 25.7 Å². The van der Waals surface area contributed by atoms with Crippen LogP contribution in [0.3, 0.4) is 0 Å². The minimum absolute atomic E-state index is 0.0409. The summed E-state index contributed by atoms with van der Waals surface area (Å²) in [6.45, 7) is 11.0. The maximum absolute atomic E-state index is 12.2. The summed E-state index contributed by atoms with van der Waals surface area (Å²) in [6, 6.07) is 0.0409. The molecule has 1 fully saturated rings. The lowest BCUT2D eigenvalue weighted by Crippen LogP contribution is -2.55. The van der Waals surface area contributed by atoms with Crippen molar-refractivity contribution < 1.29 is 9.53 Å². The van der Waals surface area contributed by atoms with Gasteiger partial charge in [0.1, 0.15) is 16.4 Å². The average Bonchev–Trinajstić information content (AvgIpc) is 2.41. The van der Waals surface area contributed by atoms with E-state index in [-0.39, 0.29) is 17.3 Å². The quantitative estimate of drug-likeness (QED) is 0.716. The molecule has 1 aromatic rings. The van der Waals surface area contributed by atoms with E-state index in [2.05, 4.69) is 9.97 Å². The second-order valence-corrected chi connectivity index (χ2v) is 7.40. The Morgan fingerprint density at radius 2 is 1.91 bits per heavy atom. The first-order valence-electron chi connectivity index (χ1n) is 7.52. The van der Waals surface area contributed by atoms with Crippen molar-refractivity contribution in [2.24, 2.45) is 0 Å². The van der Waals surface area contributed by atoms with Crippen LogP contribution in [-0.2, 0) is 4.74 Å². The number of carbonyl (C=O) groups is 1. The van der Waals surface area contributed by atoms with Crippen LogP contribution in [0.2, 0.25) is 10.2 Å². The van der Waals surface area contributed by atoms with E-state index in [4.69, 9.17) is 27.9 Å². The monoisotopic (exact) mass is 360 g/mol. The Balaban J connectivity index is 2.12. The van der Waals surface area contributed by atoms with Gasteiger partial charge in [0.05, 0.1) is 0 Å². The summed E-state index contributed by atoms with van der Waals surface area (Å²) in [5, 5.41) is 0.589. The molecule has 0 bridgehead atoms. The van der Waals surface area contributed by atoms with E-state index in [1.807, 2.05) is 32.6 Å². The number of piperazine rings is 1. The zero-order chi connectivity index (χ0) is 17.4. The third-order valence-electron chi connectivity index (χ3n) is 3.46. The van der Waals surface area contributed by atoms with Gasteiger partial charge in [-0.3, -0.25) is 0 Å². The second kappa shape index (κ2) is 6.69. The average molecular weight is 361 g/mol. The Hall–Kier alpha value is -1.27. The van der Waals surface area contributed by atoms with Gasteiger partial charge in [-0.2, -0.15) is 0 Å². The summed E-state index contributed by atoms with van der Waals surface area (Å²) in [5.41, 5.74) is -0.502. The number of rotatable bonds is 1. The molecule has 6 nitrogen and oxygen atoms in total. The fourth-order valence-corrected chi connectivity index (χ4v) is 2.87. The van der Waals surface area contributed by atoms with Crippen molar-refractivity contribution in [2.75, 3.05) is 24.5 Å². The number of anilines is 1. The third kappa shape index (κ3) is 4.38. The van der Waals surface area contributed by atoms with Gasteiger partial charge in [-0.1, -0.05) is 23.2 Å². The largest absolute Gasteiger partial charge is 0.444 e. The number of nitrogens with zero attached hydrogens (tertiary/aromatic N) is 4. The van der Waals surface area contributed by atoms with Crippen molar-refractivity contribution in [3.63, 3.8) is 0 Å². The highest BCUT2D eigenvalue weighted by Gasteiger charge is 2.31. The van der Waals surface area contributed by atoms with Crippen LogP contribution >= 0.6 is 23.2 Å². The van der Waals surface area contributed by atoms with Gasteiger partial charge in [-0.05, 0) is 34.6 Å². The SMILES string of the molecule is Cc1nc(Cl)c(Cl)c(N2CCN(C(=O)OC(C)(C)C)CC2C)n1. The van der Waals surface area contributed by atoms with Crippen molar-refractivity contribution in [3.05, 3.63) is 16.0 Å². The molecule has 1 atom stereocenters. The Kier molecular flexibility index (Phi) is 5.26. The molecule has 0 saturated carbocycles. The molecule has 0 aliphatic carbocycles. The van der Waals surface area contributed by atoms with E-state index < -0.39 is 5.60 Å². The lowest BCUT2D eigenvalue weighted by atomic mass is 10.2. The normalized spacial score (nSPS) is 19.0. The standard InChI is InChI=1S/C15H22Cl2N4O2/c1-9-8-20(14(22)23-15(3,4)5)6-7-21(9)13-11(16)12(17)18-10(2)19-13/h9H,6-8H2,1-5H3. The summed E-state index contributed by atoms with van der Waals surface area (Å²) >= 11 is 12.3. The molecular weight excluding hydrogens is 339 g/mol. The number of halogens is 2. The lowest BCUT2D eigenvalue weighted by molar-refractivity contribution is 0.0218. The van der Waals surface area contributed by atoms with Crippen molar-refractivity contribution >= 4 is 35.1 Å². The first kappa shape index (κ1) is 18.1. The Morgan fingerprint density at radius 1 is 1.26 bits per heavy atom. The lowest BCUT2D eigenvalue weighted by Gasteiger charge is -2.41. The maximum atomic E-state index is 12.2. The molecule has 2 rings (SSSR count). The van der Waals surface area contributed by atoms with Crippen LogP contribution in [0.25, 0.3) is 0 Å². The van der Waals surface area contributed by atoms with Gasteiger partial charge < -0.3 is 14.5 Å². The fourth-order valence-electron chi connectivity index (χ4n) is 2.47. The topological polar surface area (TPSA) is 58.6 Å². The van der Waals surface area contributed by atoms with Crippen LogP contribution in [0.4, 0.5) is 10.6 Å². The molecule has 8 heteroatoms. The smallest absolute Gasteiger partial charge is 0.410 e. The Labute approximate surface area is 146 Å². The predicted octanol–water partition coefficient (Wildman–Crippen LogP) is 3.54. The van der Waals surface area contributed by atoms with Crippen molar-refractivity contribution in [2.45, 2.75) is 46.3 Å². The highest BCUT2D eigenvalue weighted by Crippen LogP contribution is 2.31. The molecule has 1 aliphatic rings. The molecule has 0 aromatic carbocycles. The first-order valence-corrected chi connectivity index (χ1v) is 8.28. The maximum Gasteiger partial charge on any atom is 0.410 e. The number of ether oxygens (including phenoxy) is 1. The van der Waals surface area contributed by atoms with Crippen LogP contribution in [0, 0.1) is 6.92 Å². The van der Waals surface area contributed by atoms with Crippen molar-refractivity contribution in [1.82, 2.24) is 14.9 Å². The third-order valence-corrected chi connectivity index (χ3v) is 4.17. The number of carbonyl (C=O) groups excluding carboxylic acids is 1. The number of aromatic nitrogens is 2. The highest BCUT2D eigenvalue weighted by molar-refractivity contribution is 6.42. The van der Waals surface area contributed by atoms with E-state index in [1.54, 1.807) is 11.8 Å². The minimum Gasteiger partial charge on any atom is -0.444 e. The van der Waals surface area contributed by atoms with E-state index in [9.17, 15) is 4.79 Å². The van der Waals surface area contributed by atoms with E-state index in [0.717, 1.165) is 0 Å². The molecule has 1 saturated heterocycles. The summed E-state index contributed by atoms with van der Waals surface area (Å²) < 4.78 is 5.42. The number of hydrogen-bond donors (Lipinski definition) is 0. The number of amides is 1. The fraction of sp³-hybridized carbons (Fsp3) is 0.667. The summed E-state index contributed by atoms with van der Waals surface area (Å²) in [6.07, 6.45) is -0.299. The number of aryl methyl sites for hydroxylation is 1. The molecule has 23 heavy (non-hydrogen) atoms. The van der Waals surface area contributed by atoms with Crippen LogP contribution in [0.15, 0.2) is 0 Å². The molecule has 128 valence electrons. The molecule has 1 aromatic heterocycles. The Morgan fingerprint density at radius 3 is 2.48 bits per heavy atom. The number of hydrogen-bond acceptors (Lipinski definition) is 5. The summed E-state index contributed by atoms with van der Waals surface area (Å²) in [5.74, 6) is 1.18. The van der Waals surface area contributed by atoms with Gasteiger partial charge >= 0.3 is 6.09 Å². The molecule has 0 spiro atoms. The molecule has 1 aliphatic heterocycles. The van der Waals surface area contributed by atoms with Gasteiger partial charge in [0.2, 0.25) is 0 Å². The molecule has 1 amide bonds. The highest BCUT2D eigenvalue weighted by atomic mass is 35.5. The van der Waals surface area contributed by atoms with Crippen LogP contribution in [0.5, 0.6) is 0 Å². The van der Waals surface area contributed by atoms with Gasteiger partial charge in [0.25, 0.3) is 0 Å². The Bertz CT molecular complexity index is 604. The van der Waals surface area contributed by atoms with Gasteiger partial charge in [0.15, 0.2) is 11.0 Å². The van der Waals surface area contributed by atoms with E-state index >= 15 is 0 Å². The minimum atomic E-state index is -0.502. The zero-order valence-corrected chi connectivity index (χ0v) is 15.6. The zero-order valence-electron chi connectivity index (χ0n) is 14.1. The molecule has 0 radical (unpaired) electrons. The van der Waals surface area contributed by atoms with E-state index in [1.165, 1.54) is 0 Å². The first-order chi connectivity index (χ1) is 10.6. The van der Waals surface area contributed by atoms with E-state index in [0.29, 0.717) is 36.3 Å². The second-order valence-electron chi connectivity index (χ2n) is 6.67. The van der Waals surface area contributed by atoms with Crippen molar-refractivity contribution in [1.29, 1.82) is 0 Å². The molecular formula is C15H22Cl2N4O2. The molecule has 1 unspecified atom stereocenters. The molecule has 2 heterocycles. The van der Waals surface area contributed by atoms with Crippen LogP contribution in [0.1, 0.15) is 33.5 Å². The predicted molar refractivity (Wildman–Crippen MR) is 91.4 cm³/mol. The van der Waals surface area contributed by atoms with Gasteiger partial charge in [-0.25, -0.2) is 14.8 Å². The van der Waals surface area contributed by atoms with Crippen LogP contribution < -0.4 is 4.90 Å². The summed E-state index contributed by atoms with van der Waals surface area (Å²) in [7, 11) is 0.